The Morgan fingerprint density at radius 3 is 1.14 bits per heavy atom. The van der Waals surface area contributed by atoms with Crippen LogP contribution in [0.25, 0.3) is 0 Å². The van der Waals surface area contributed by atoms with Crippen molar-refractivity contribution in [2.24, 2.45) is 0 Å². The van der Waals surface area contributed by atoms with E-state index in [4.69, 9.17) is 0 Å². The van der Waals surface area contributed by atoms with Crippen molar-refractivity contribution in [1.82, 2.24) is 0 Å². The molecule has 0 aromatic heterocycles. The van der Waals surface area contributed by atoms with Crippen molar-refractivity contribution in [2.75, 3.05) is 0 Å². The van der Waals surface area contributed by atoms with E-state index < -0.39 is 25.6 Å². The van der Waals surface area contributed by atoms with Gasteiger partial charge in [-0.1, -0.05) is 0 Å². The van der Waals surface area contributed by atoms with Crippen LogP contribution in [0.15, 0.2) is 0 Å². The monoisotopic (exact) mass is 182 g/mol. The van der Waals surface area contributed by atoms with Crippen molar-refractivity contribution in [1.29, 1.82) is 0 Å². The van der Waals surface area contributed by atoms with Crippen LogP contribution in [0.3, 0.4) is 0 Å². The van der Waals surface area contributed by atoms with Crippen LogP contribution in [0.5, 0.6) is 0 Å². The minimum atomic E-state index is -2.81. The second kappa shape index (κ2) is 3.27. The van der Waals surface area contributed by atoms with E-state index in [0.29, 0.717) is 0 Å². The molecule has 0 heterocycles. The summed E-state index contributed by atoms with van der Waals surface area (Å²) in [5, 5.41) is -5.63. The van der Waals surface area contributed by atoms with Crippen LogP contribution in [-0.4, -0.2) is 25.6 Å². The zero-order valence-corrected chi connectivity index (χ0v) is 4.79. The third kappa shape index (κ3) is 6.24. The van der Waals surface area contributed by atoms with Gasteiger partial charge < -0.3 is 0 Å². The van der Waals surface area contributed by atoms with E-state index >= 15 is 0 Å². The Morgan fingerprint density at radius 1 is 0.857 bits per heavy atom. The first-order chi connectivity index (χ1) is 3.13. The van der Waals surface area contributed by atoms with Gasteiger partial charge in [-0.05, 0) is 0 Å². The Morgan fingerprint density at radius 2 is 1.14 bits per heavy atom. The van der Waals surface area contributed by atoms with Crippen LogP contribution in [0, 0.1) is 0 Å². The SMILES string of the molecule is FC(F)[Se]C(F)F. The van der Waals surface area contributed by atoms with Crippen molar-refractivity contribution in [3.63, 3.8) is 0 Å². The molecule has 0 N–H and O–H groups in total. The van der Waals surface area contributed by atoms with Gasteiger partial charge in [-0.2, -0.15) is 0 Å². The topological polar surface area (TPSA) is 0 Å². The normalized spacial score (nSPS) is 11.1. The fraction of sp³-hybridized carbons (Fsp3) is 1.00. The number of hydrogen-bond acceptors (Lipinski definition) is 0. The van der Waals surface area contributed by atoms with Gasteiger partial charge in [0, 0.05) is 0 Å². The second-order valence-corrected chi connectivity index (χ2v) is 2.72. The first-order valence-corrected chi connectivity index (χ1v) is 3.32. The molecule has 0 spiro atoms. The van der Waals surface area contributed by atoms with Crippen LogP contribution in [-0.2, 0) is 0 Å². The van der Waals surface area contributed by atoms with Gasteiger partial charge in [0.05, 0.1) is 0 Å². The van der Waals surface area contributed by atoms with Gasteiger partial charge in [0.2, 0.25) is 0 Å². The zero-order valence-electron chi connectivity index (χ0n) is 3.07. The Kier molecular flexibility index (Phi) is 3.38. The molecule has 0 rings (SSSR count). The van der Waals surface area contributed by atoms with Gasteiger partial charge in [-0.25, -0.2) is 0 Å². The quantitative estimate of drug-likeness (QED) is 0.442. The van der Waals surface area contributed by atoms with Crippen LogP contribution in [0.2, 0.25) is 0 Å². The summed E-state index contributed by atoms with van der Waals surface area (Å²) in [5.74, 6) is 0. The molecule has 0 bridgehead atoms. The molecule has 0 saturated carbocycles. The summed E-state index contributed by atoms with van der Waals surface area (Å²) in [6, 6.07) is 0. The summed E-state index contributed by atoms with van der Waals surface area (Å²) in [6.45, 7) is 0. The van der Waals surface area contributed by atoms with Gasteiger partial charge in [-0.15, -0.1) is 0 Å². The molecule has 0 nitrogen and oxygen atoms in total. The van der Waals surface area contributed by atoms with E-state index in [1.165, 1.54) is 0 Å². The number of halogens is 4. The molecular formula is C2H2F4Se. The van der Waals surface area contributed by atoms with E-state index in [1.54, 1.807) is 0 Å². The average molecular weight is 181 g/mol. The predicted molar refractivity (Wildman–Crippen MR) is 17.8 cm³/mol. The van der Waals surface area contributed by atoms with Crippen molar-refractivity contribution in [3.8, 4) is 0 Å². The van der Waals surface area contributed by atoms with E-state index in [2.05, 4.69) is 0 Å². The third-order valence-corrected chi connectivity index (χ3v) is 1.07. The van der Waals surface area contributed by atoms with E-state index in [1.807, 2.05) is 0 Å². The molecule has 0 atom stereocenters. The van der Waals surface area contributed by atoms with Gasteiger partial charge in [0.15, 0.2) is 0 Å². The van der Waals surface area contributed by atoms with E-state index in [0.717, 1.165) is 0 Å². The van der Waals surface area contributed by atoms with Gasteiger partial charge in [0.25, 0.3) is 0 Å². The van der Waals surface area contributed by atoms with Crippen molar-refractivity contribution in [3.05, 3.63) is 0 Å². The molecule has 0 fully saturated rings. The zero-order chi connectivity index (χ0) is 5.86. The fourth-order valence-electron chi connectivity index (χ4n) is 0.0778. The molecule has 0 aliphatic heterocycles. The molecule has 5 heteroatoms. The van der Waals surface area contributed by atoms with Crippen LogP contribution >= 0.6 is 0 Å². The maximum atomic E-state index is 10.8. The first-order valence-electron chi connectivity index (χ1n) is 1.34. The van der Waals surface area contributed by atoms with E-state index in [9.17, 15) is 17.6 Å². The van der Waals surface area contributed by atoms with Crippen LogP contribution < -0.4 is 0 Å². The molecule has 44 valence electrons. The van der Waals surface area contributed by atoms with Crippen LogP contribution in [0.1, 0.15) is 0 Å². The fourth-order valence-corrected chi connectivity index (χ4v) is 0.404. The number of hydrogen-bond donors (Lipinski definition) is 0. The molecule has 7 heavy (non-hydrogen) atoms. The van der Waals surface area contributed by atoms with Crippen LogP contribution in [0.4, 0.5) is 17.6 Å². The standard InChI is InChI=1S/C2H2F4Se/c3-1(4)7-2(5)6/h1-2H. The summed E-state index contributed by atoms with van der Waals surface area (Å²) in [5.41, 5.74) is 0. The predicted octanol–water partition coefficient (Wildman–Crippen LogP) is 1.14. The first kappa shape index (κ1) is 7.24. The summed E-state index contributed by atoms with van der Waals surface area (Å²) in [4.78, 5) is 0. The Bertz CT molecular complexity index is 39.0. The molecule has 0 aromatic carbocycles. The summed E-state index contributed by atoms with van der Waals surface area (Å²) in [6.07, 6.45) is 0. The molecule has 0 aromatic rings. The average Bonchev–Trinajstić information content (AvgIpc) is 1.27. The van der Waals surface area contributed by atoms with Gasteiger partial charge in [0.1, 0.15) is 0 Å². The minimum absolute atomic E-state index is 1.79. The Balaban J connectivity index is 2.95. The van der Waals surface area contributed by atoms with E-state index in [-0.39, 0.29) is 0 Å². The number of alkyl halides is 4. The maximum absolute atomic E-state index is 10.8. The Hall–Kier alpha value is 0.239. The molecule has 0 aliphatic rings. The molecule has 0 amide bonds. The molecule has 0 radical (unpaired) electrons. The molecule has 0 aliphatic carbocycles. The van der Waals surface area contributed by atoms with Gasteiger partial charge in [-0.3, -0.25) is 0 Å². The summed E-state index contributed by atoms with van der Waals surface area (Å²) < 4.78 is 43.3. The van der Waals surface area contributed by atoms with Crippen molar-refractivity contribution < 1.29 is 17.6 Å². The summed E-state index contributed by atoms with van der Waals surface area (Å²) >= 11 is -1.79. The molecule has 0 saturated heterocycles. The van der Waals surface area contributed by atoms with Crippen molar-refractivity contribution >= 4 is 15.0 Å². The summed E-state index contributed by atoms with van der Waals surface area (Å²) in [7, 11) is 0. The Labute approximate surface area is 44.0 Å². The molecule has 0 unspecified atom stereocenters. The molecular weight excluding hydrogens is 179 g/mol. The second-order valence-electron chi connectivity index (χ2n) is 0.657. The number of rotatable bonds is 2. The van der Waals surface area contributed by atoms with Crippen molar-refractivity contribution in [2.45, 2.75) is 10.6 Å². The third-order valence-electron chi connectivity index (χ3n) is 0.206. The van der Waals surface area contributed by atoms with Gasteiger partial charge >= 0.3 is 43.2 Å².